The predicted octanol–water partition coefficient (Wildman–Crippen LogP) is 4.73. The second-order valence-corrected chi connectivity index (χ2v) is 7.52. The van der Waals surface area contributed by atoms with Gasteiger partial charge in [0.05, 0.1) is 17.6 Å². The van der Waals surface area contributed by atoms with E-state index >= 15 is 0 Å². The molecule has 6 heteroatoms. The van der Waals surface area contributed by atoms with Crippen LogP contribution in [0, 0.1) is 4.77 Å². The van der Waals surface area contributed by atoms with E-state index in [-0.39, 0.29) is 6.61 Å². The highest BCUT2D eigenvalue weighted by molar-refractivity contribution is 7.71. The van der Waals surface area contributed by atoms with Gasteiger partial charge in [0.1, 0.15) is 30.8 Å². The van der Waals surface area contributed by atoms with E-state index in [9.17, 15) is 5.11 Å². The molecule has 0 spiro atoms. The molecule has 0 saturated carbocycles. The Balaban J connectivity index is 1.33. The van der Waals surface area contributed by atoms with Crippen LogP contribution in [0.3, 0.4) is 0 Å². The number of imidazole rings is 1. The van der Waals surface area contributed by atoms with Crippen LogP contribution in [0.1, 0.15) is 5.56 Å². The van der Waals surface area contributed by atoms with Gasteiger partial charge in [-0.2, -0.15) is 0 Å². The molecule has 5 nitrogen and oxygen atoms in total. The molecule has 0 amide bonds. The quantitative estimate of drug-likeness (QED) is 0.419. The van der Waals surface area contributed by atoms with E-state index < -0.39 is 6.10 Å². The lowest BCUT2D eigenvalue weighted by atomic mass is 10.2. The van der Waals surface area contributed by atoms with Gasteiger partial charge < -0.3 is 23.7 Å². The van der Waals surface area contributed by atoms with E-state index in [4.69, 9.17) is 21.7 Å². The molecule has 3 aromatic carbocycles. The maximum absolute atomic E-state index is 10.5. The molecule has 0 fully saturated rings. The Kier molecular flexibility index (Phi) is 6.16. The van der Waals surface area contributed by atoms with Crippen molar-refractivity contribution >= 4 is 23.3 Å². The van der Waals surface area contributed by atoms with Crippen LogP contribution in [-0.2, 0) is 20.2 Å². The van der Waals surface area contributed by atoms with E-state index in [1.165, 1.54) is 0 Å². The lowest BCUT2D eigenvalue weighted by molar-refractivity contribution is 0.0929. The average Bonchev–Trinajstić information content (AvgIpc) is 3.03. The van der Waals surface area contributed by atoms with E-state index in [2.05, 4.69) is 0 Å². The number of aliphatic hydroxyl groups excluding tert-OH is 1. The molecule has 0 aliphatic heterocycles. The van der Waals surface area contributed by atoms with Crippen LogP contribution >= 0.6 is 12.2 Å². The number of aliphatic hydroxyl groups is 1. The normalized spacial score (nSPS) is 12.1. The Morgan fingerprint density at radius 2 is 1.43 bits per heavy atom. The van der Waals surface area contributed by atoms with Crippen LogP contribution in [-0.4, -0.2) is 27.0 Å². The van der Waals surface area contributed by atoms with Gasteiger partial charge in [0.15, 0.2) is 4.77 Å². The van der Waals surface area contributed by atoms with Crippen LogP contribution in [0.4, 0.5) is 0 Å². The third-order valence-corrected chi connectivity index (χ3v) is 5.45. The van der Waals surface area contributed by atoms with Crippen molar-refractivity contribution in [2.45, 2.75) is 19.3 Å². The molecule has 4 rings (SSSR count). The highest BCUT2D eigenvalue weighted by atomic mass is 32.1. The first-order valence-electron chi connectivity index (χ1n) is 9.84. The van der Waals surface area contributed by atoms with E-state index in [0.29, 0.717) is 23.7 Å². The van der Waals surface area contributed by atoms with Crippen molar-refractivity contribution in [2.75, 3.05) is 6.61 Å². The number of fused-ring (bicyclic) bond motifs is 1. The highest BCUT2D eigenvalue weighted by Crippen LogP contribution is 2.20. The molecule has 0 aliphatic carbocycles. The zero-order chi connectivity index (χ0) is 20.9. The van der Waals surface area contributed by atoms with E-state index in [0.717, 1.165) is 22.3 Å². The molecule has 0 aliphatic rings. The molecule has 1 N–H and O–H groups in total. The molecule has 154 valence electrons. The van der Waals surface area contributed by atoms with E-state index in [1.54, 1.807) is 0 Å². The molecule has 30 heavy (non-hydrogen) atoms. The van der Waals surface area contributed by atoms with Gasteiger partial charge in [0.25, 0.3) is 0 Å². The Morgan fingerprint density at radius 1 is 0.833 bits per heavy atom. The van der Waals surface area contributed by atoms with Crippen molar-refractivity contribution in [1.82, 2.24) is 9.13 Å². The molecular formula is C24H24N2O3S. The van der Waals surface area contributed by atoms with Crippen LogP contribution in [0.2, 0.25) is 0 Å². The van der Waals surface area contributed by atoms with Crippen molar-refractivity contribution in [3.05, 3.63) is 89.2 Å². The van der Waals surface area contributed by atoms with Crippen molar-refractivity contribution in [2.24, 2.45) is 7.05 Å². The zero-order valence-electron chi connectivity index (χ0n) is 16.8. The first kappa shape index (κ1) is 20.2. The summed E-state index contributed by atoms with van der Waals surface area (Å²) in [5.74, 6) is 1.46. The number of hydrogen-bond acceptors (Lipinski definition) is 4. The van der Waals surface area contributed by atoms with Gasteiger partial charge in [0.2, 0.25) is 0 Å². The molecule has 1 unspecified atom stereocenters. The largest absolute Gasteiger partial charge is 0.491 e. The molecule has 4 aromatic rings. The van der Waals surface area contributed by atoms with Crippen LogP contribution in [0.25, 0.3) is 11.0 Å². The zero-order valence-corrected chi connectivity index (χ0v) is 17.6. The minimum absolute atomic E-state index is 0.176. The first-order chi connectivity index (χ1) is 14.6. The predicted molar refractivity (Wildman–Crippen MR) is 120 cm³/mol. The molecular weight excluding hydrogens is 396 g/mol. The molecule has 0 bridgehead atoms. The number of aryl methyl sites for hydroxylation is 1. The first-order valence-corrected chi connectivity index (χ1v) is 10.2. The molecule has 1 heterocycles. The topological polar surface area (TPSA) is 48.5 Å². The van der Waals surface area contributed by atoms with Crippen molar-refractivity contribution in [1.29, 1.82) is 0 Å². The third kappa shape index (κ3) is 4.56. The average molecular weight is 421 g/mol. The lowest BCUT2D eigenvalue weighted by Crippen LogP contribution is -2.23. The van der Waals surface area contributed by atoms with Crippen molar-refractivity contribution in [3.63, 3.8) is 0 Å². The summed E-state index contributed by atoms with van der Waals surface area (Å²) in [4.78, 5) is 0. The number of benzene rings is 3. The number of aromatic nitrogens is 2. The second kappa shape index (κ2) is 9.15. The highest BCUT2D eigenvalue weighted by Gasteiger charge is 2.12. The summed E-state index contributed by atoms with van der Waals surface area (Å²) in [5, 5.41) is 10.5. The Hall–Kier alpha value is -3.09. The number of nitrogens with zero attached hydrogens (tertiary/aromatic N) is 2. The minimum atomic E-state index is -0.684. The summed E-state index contributed by atoms with van der Waals surface area (Å²) in [7, 11) is 1.94. The fourth-order valence-corrected chi connectivity index (χ4v) is 3.64. The standard InChI is InChI=1S/C24H24N2O3S/c1-25-22-9-5-6-10-23(22)26(24(25)30)15-19(27)17-29-21-13-11-20(12-14-21)28-16-18-7-3-2-4-8-18/h2-14,19,27H,15-17H2,1H3. The van der Waals surface area contributed by atoms with Gasteiger partial charge in [0, 0.05) is 7.05 Å². The van der Waals surface area contributed by atoms with Gasteiger partial charge in [-0.15, -0.1) is 0 Å². The summed E-state index contributed by atoms with van der Waals surface area (Å²) >= 11 is 5.52. The molecule has 0 saturated heterocycles. The fraction of sp³-hybridized carbons (Fsp3) is 0.208. The Morgan fingerprint density at radius 3 is 2.13 bits per heavy atom. The van der Waals surface area contributed by atoms with Crippen LogP contribution in [0.15, 0.2) is 78.9 Å². The van der Waals surface area contributed by atoms with Gasteiger partial charge in [-0.1, -0.05) is 42.5 Å². The van der Waals surface area contributed by atoms with Crippen LogP contribution in [0.5, 0.6) is 11.5 Å². The molecule has 0 radical (unpaired) electrons. The van der Waals surface area contributed by atoms with Crippen molar-refractivity contribution in [3.8, 4) is 11.5 Å². The Labute approximate surface area is 180 Å². The molecule has 1 atom stereocenters. The van der Waals surface area contributed by atoms with Gasteiger partial charge in [-0.25, -0.2) is 0 Å². The minimum Gasteiger partial charge on any atom is -0.491 e. The summed E-state index contributed by atoms with van der Waals surface area (Å²) < 4.78 is 16.1. The maximum atomic E-state index is 10.5. The fourth-order valence-electron chi connectivity index (χ4n) is 3.37. The molecule has 1 aromatic heterocycles. The summed E-state index contributed by atoms with van der Waals surface area (Å²) in [6, 6.07) is 25.4. The van der Waals surface area contributed by atoms with Gasteiger partial charge >= 0.3 is 0 Å². The van der Waals surface area contributed by atoms with E-state index in [1.807, 2.05) is 95.0 Å². The van der Waals surface area contributed by atoms with Crippen molar-refractivity contribution < 1.29 is 14.6 Å². The smallest absolute Gasteiger partial charge is 0.180 e. The summed E-state index contributed by atoms with van der Waals surface area (Å²) in [6.45, 7) is 1.07. The summed E-state index contributed by atoms with van der Waals surface area (Å²) in [6.07, 6.45) is -0.684. The lowest BCUT2D eigenvalue weighted by Gasteiger charge is -2.14. The van der Waals surface area contributed by atoms with Crippen LogP contribution < -0.4 is 9.47 Å². The number of hydrogen-bond donors (Lipinski definition) is 1. The summed E-state index contributed by atoms with van der Waals surface area (Å²) in [5.41, 5.74) is 3.17. The number of para-hydroxylation sites is 2. The SMILES string of the molecule is Cn1c(=S)n(CC(O)COc2ccc(OCc3ccccc3)cc2)c2ccccc21. The monoisotopic (exact) mass is 420 g/mol. The second-order valence-electron chi connectivity index (χ2n) is 7.15. The number of rotatable bonds is 8. The third-order valence-electron chi connectivity index (χ3n) is 4.96. The maximum Gasteiger partial charge on any atom is 0.180 e. The van der Waals surface area contributed by atoms with Gasteiger partial charge in [-0.3, -0.25) is 0 Å². The van der Waals surface area contributed by atoms with Gasteiger partial charge in [-0.05, 0) is 54.2 Å². The number of ether oxygens (including phenoxy) is 2. The Bertz CT molecular complexity index is 1170.